The topological polar surface area (TPSA) is 35.5 Å². The molecule has 0 N–H and O–H groups in total. The molecular formula is C28H61O3P2+. The molecule has 0 bridgehead atoms. The van der Waals surface area contributed by atoms with Crippen LogP contribution in [-0.2, 0) is 13.4 Å². The Kier molecular flexibility index (Phi) is 22.0. The predicted octanol–water partition coefficient (Wildman–Crippen LogP) is 11.3. The van der Waals surface area contributed by atoms with E-state index in [1.54, 1.807) is 0 Å². The van der Waals surface area contributed by atoms with Crippen molar-refractivity contribution in [3.05, 3.63) is 0 Å². The molecule has 1 unspecified atom stereocenters. The number of hydrogen-bond acceptors (Lipinski definition) is 3. The minimum absolute atomic E-state index is 0.585. The summed E-state index contributed by atoms with van der Waals surface area (Å²) in [5.41, 5.74) is 0. The molecule has 0 radical (unpaired) electrons. The summed E-state index contributed by atoms with van der Waals surface area (Å²) < 4.78 is 25.7. The van der Waals surface area contributed by atoms with Crippen LogP contribution in [0.15, 0.2) is 0 Å². The summed E-state index contributed by atoms with van der Waals surface area (Å²) in [6.07, 6.45) is 27.1. The van der Waals surface area contributed by atoms with Crippen molar-refractivity contribution < 1.29 is 13.4 Å². The molecule has 0 fully saturated rings. The van der Waals surface area contributed by atoms with E-state index in [-0.39, 0.29) is 0 Å². The van der Waals surface area contributed by atoms with Crippen molar-refractivity contribution >= 4 is 15.1 Å². The molecule has 0 amide bonds. The molecule has 0 rings (SSSR count). The van der Waals surface area contributed by atoms with Gasteiger partial charge >= 0.3 is 190 Å². The standard InChI is InChI=1S/C28H61O3P2/c1-6-11-16-17-18-19-20-21-22-23-24-30-32(29)31-33(25-12-7-2,26-13-8-3,27-14-9-4)28-15-10-5/h6-28H2,1-5H3/q+1. The Morgan fingerprint density at radius 2 is 0.818 bits per heavy atom. The molecule has 5 heteroatoms. The average Bonchev–Trinajstić information content (AvgIpc) is 2.82. The van der Waals surface area contributed by atoms with Crippen LogP contribution >= 0.6 is 15.1 Å². The minimum atomic E-state index is -2.50. The fraction of sp³-hybridized carbons (Fsp3) is 1.00. The third kappa shape index (κ3) is 15.9. The molecule has 0 aliphatic rings. The van der Waals surface area contributed by atoms with Gasteiger partial charge in [0.25, 0.3) is 0 Å². The maximum atomic E-state index is 13.1. The normalized spacial score (nSPS) is 13.7. The summed E-state index contributed by atoms with van der Waals surface area (Å²) in [7, 11) is -2.01. The zero-order chi connectivity index (χ0) is 24.7. The van der Waals surface area contributed by atoms with Crippen LogP contribution in [0, 0.1) is 0 Å². The third-order valence-electron chi connectivity index (χ3n) is 7.30. The number of unbranched alkanes of at least 4 members (excludes halogenated alkanes) is 13. The van der Waals surface area contributed by atoms with E-state index in [9.17, 15) is 4.57 Å². The first-order chi connectivity index (χ1) is 16.0. The van der Waals surface area contributed by atoms with Crippen LogP contribution in [0.5, 0.6) is 0 Å². The van der Waals surface area contributed by atoms with Gasteiger partial charge in [0.1, 0.15) is 0 Å². The maximum absolute atomic E-state index is 13.1. The monoisotopic (exact) mass is 507 g/mol. The molecule has 0 heterocycles. The van der Waals surface area contributed by atoms with Gasteiger partial charge in [0.15, 0.2) is 0 Å². The van der Waals surface area contributed by atoms with E-state index in [2.05, 4.69) is 34.6 Å². The van der Waals surface area contributed by atoms with E-state index in [1.807, 2.05) is 0 Å². The SMILES string of the molecule is CCCCCCCCCCCCO[P+](=O)OP(CCCC)(CCCC)(CCCC)CCCC. The van der Waals surface area contributed by atoms with Gasteiger partial charge in [-0.3, -0.25) is 0 Å². The Labute approximate surface area is 209 Å². The van der Waals surface area contributed by atoms with E-state index in [0.29, 0.717) is 6.61 Å². The molecule has 0 spiro atoms. The Hall–Kier alpha value is 0.450. The van der Waals surface area contributed by atoms with E-state index in [1.165, 1.54) is 109 Å². The molecule has 0 aliphatic carbocycles. The summed E-state index contributed by atoms with van der Waals surface area (Å²) in [6.45, 7) is 9.44. The molecule has 0 aromatic rings. The summed E-state index contributed by atoms with van der Waals surface area (Å²) in [4.78, 5) is 0. The van der Waals surface area contributed by atoms with Crippen molar-refractivity contribution in [3.63, 3.8) is 0 Å². The van der Waals surface area contributed by atoms with Crippen LogP contribution in [0.2, 0.25) is 0 Å². The van der Waals surface area contributed by atoms with Crippen LogP contribution < -0.4 is 0 Å². The number of rotatable bonds is 26. The molecule has 0 aromatic carbocycles. The van der Waals surface area contributed by atoms with Gasteiger partial charge in [0.05, 0.1) is 0 Å². The zero-order valence-corrected chi connectivity index (χ0v) is 25.2. The van der Waals surface area contributed by atoms with Gasteiger partial charge in [-0.1, -0.05) is 19.8 Å². The van der Waals surface area contributed by atoms with Crippen molar-refractivity contribution in [3.8, 4) is 0 Å². The van der Waals surface area contributed by atoms with Gasteiger partial charge in [-0.2, -0.15) is 0 Å². The molecule has 3 nitrogen and oxygen atoms in total. The second-order valence-corrected chi connectivity index (χ2v) is 17.4. The van der Waals surface area contributed by atoms with E-state index >= 15 is 0 Å². The quantitative estimate of drug-likeness (QED) is 0.0862. The van der Waals surface area contributed by atoms with Crippen molar-refractivity contribution in [2.45, 2.75) is 150 Å². The fourth-order valence-corrected chi connectivity index (χ4v) is 14.1. The summed E-state index contributed by atoms with van der Waals surface area (Å²) in [5, 5.41) is 0. The zero-order valence-electron chi connectivity index (χ0n) is 23.4. The Morgan fingerprint density at radius 3 is 1.18 bits per heavy atom. The van der Waals surface area contributed by atoms with Crippen LogP contribution in [0.25, 0.3) is 0 Å². The van der Waals surface area contributed by atoms with Crippen LogP contribution in [0.1, 0.15) is 150 Å². The number of hydrogen-bond donors (Lipinski definition) is 0. The van der Waals surface area contributed by atoms with Crippen molar-refractivity contribution in [2.75, 3.05) is 31.3 Å². The van der Waals surface area contributed by atoms with Gasteiger partial charge in [0, 0.05) is 0 Å². The van der Waals surface area contributed by atoms with Gasteiger partial charge in [0.2, 0.25) is 0 Å². The Morgan fingerprint density at radius 1 is 0.485 bits per heavy atom. The van der Waals surface area contributed by atoms with Gasteiger partial charge in [-0.05, 0) is 0 Å². The first-order valence-electron chi connectivity index (χ1n) is 14.8. The first kappa shape index (κ1) is 33.4. The molecule has 0 aromatic heterocycles. The predicted molar refractivity (Wildman–Crippen MR) is 153 cm³/mol. The molecule has 0 saturated carbocycles. The second kappa shape index (κ2) is 21.7. The molecule has 0 saturated heterocycles. The molecule has 1 atom stereocenters. The molecular weight excluding hydrogens is 446 g/mol. The fourth-order valence-electron chi connectivity index (χ4n) is 5.01. The van der Waals surface area contributed by atoms with E-state index in [4.69, 9.17) is 8.83 Å². The van der Waals surface area contributed by atoms with Gasteiger partial charge in [-0.25, -0.2) is 0 Å². The molecule has 33 heavy (non-hydrogen) atoms. The van der Waals surface area contributed by atoms with E-state index in [0.717, 1.165) is 31.1 Å². The third-order valence-corrected chi connectivity index (χ3v) is 15.9. The van der Waals surface area contributed by atoms with Crippen molar-refractivity contribution in [1.29, 1.82) is 0 Å². The van der Waals surface area contributed by atoms with Crippen LogP contribution in [-0.4, -0.2) is 31.3 Å². The van der Waals surface area contributed by atoms with Gasteiger partial charge < -0.3 is 0 Å². The second-order valence-electron chi connectivity index (χ2n) is 10.5. The van der Waals surface area contributed by atoms with Crippen LogP contribution in [0.3, 0.4) is 0 Å². The van der Waals surface area contributed by atoms with Crippen molar-refractivity contribution in [2.24, 2.45) is 0 Å². The Balaban J connectivity index is 4.71. The summed E-state index contributed by atoms with van der Waals surface area (Å²) in [5.74, 6) is 0. The van der Waals surface area contributed by atoms with Crippen molar-refractivity contribution in [1.82, 2.24) is 0 Å². The average molecular weight is 508 g/mol. The molecule has 200 valence electrons. The van der Waals surface area contributed by atoms with Crippen LogP contribution in [0.4, 0.5) is 0 Å². The first-order valence-corrected chi connectivity index (χ1v) is 18.8. The summed E-state index contributed by atoms with van der Waals surface area (Å²) >= 11 is 0. The molecule has 0 aliphatic heterocycles. The Bertz CT molecular complexity index is 413. The van der Waals surface area contributed by atoms with E-state index < -0.39 is 15.1 Å². The van der Waals surface area contributed by atoms with Gasteiger partial charge in [-0.15, -0.1) is 0 Å². The summed E-state index contributed by atoms with van der Waals surface area (Å²) in [6, 6.07) is 0.